The van der Waals surface area contributed by atoms with Crippen molar-refractivity contribution in [2.75, 3.05) is 13.1 Å². The van der Waals surface area contributed by atoms with Crippen LogP contribution in [0.25, 0.3) is 0 Å². The van der Waals surface area contributed by atoms with E-state index < -0.39 is 0 Å². The van der Waals surface area contributed by atoms with Crippen molar-refractivity contribution >= 4 is 5.97 Å². The number of rotatable bonds is 2. The second kappa shape index (κ2) is 10.7. The number of hydrogen-bond acceptors (Lipinski definition) is 4. The molecular weight excluding hydrogens is 228 g/mol. The summed E-state index contributed by atoms with van der Waals surface area (Å²) in [6.45, 7) is 9.67. The van der Waals surface area contributed by atoms with Crippen LogP contribution in [0.3, 0.4) is 0 Å². The number of esters is 1. The van der Waals surface area contributed by atoms with E-state index in [-0.39, 0.29) is 12.1 Å². The fraction of sp³-hybridized carbons (Fsp3) is 0.571. The normalized spacial score (nSPS) is 16.8. The summed E-state index contributed by atoms with van der Waals surface area (Å²) in [4.78, 5) is 15.4. The van der Waals surface area contributed by atoms with Crippen molar-refractivity contribution in [2.45, 2.75) is 40.2 Å². The van der Waals surface area contributed by atoms with Gasteiger partial charge in [-0.05, 0) is 25.1 Å². The number of carbonyl (C=O) groups excluding carboxylic acids is 1. The van der Waals surface area contributed by atoms with Gasteiger partial charge < -0.3 is 10.1 Å². The minimum absolute atomic E-state index is 0.00417. The third-order valence-corrected chi connectivity index (χ3v) is 2.16. The van der Waals surface area contributed by atoms with Gasteiger partial charge in [-0.3, -0.25) is 0 Å². The fourth-order valence-corrected chi connectivity index (χ4v) is 1.42. The average molecular weight is 252 g/mol. The van der Waals surface area contributed by atoms with Crippen LogP contribution in [-0.4, -0.2) is 30.1 Å². The molecule has 1 N–H and O–H groups in total. The molecule has 0 spiro atoms. The molecule has 0 aromatic carbocycles. The fourth-order valence-electron chi connectivity index (χ4n) is 1.42. The van der Waals surface area contributed by atoms with E-state index in [1.807, 2.05) is 27.7 Å². The van der Waals surface area contributed by atoms with Crippen molar-refractivity contribution in [3.8, 4) is 0 Å². The van der Waals surface area contributed by atoms with E-state index in [1.54, 1.807) is 24.4 Å². The van der Waals surface area contributed by atoms with E-state index >= 15 is 0 Å². The van der Waals surface area contributed by atoms with Gasteiger partial charge in [0, 0.05) is 12.7 Å². The largest absolute Gasteiger partial charge is 0.456 e. The predicted octanol–water partition coefficient (Wildman–Crippen LogP) is 2.65. The van der Waals surface area contributed by atoms with Crippen molar-refractivity contribution < 1.29 is 9.53 Å². The molecule has 1 atom stereocenters. The molecule has 0 aliphatic carbocycles. The molecule has 1 aliphatic rings. The lowest BCUT2D eigenvalue weighted by Crippen LogP contribution is -2.21. The second-order valence-electron chi connectivity index (χ2n) is 3.24. The van der Waals surface area contributed by atoms with Gasteiger partial charge in [0.05, 0.1) is 0 Å². The lowest BCUT2D eigenvalue weighted by molar-refractivity contribution is 0.0337. The quantitative estimate of drug-likeness (QED) is 0.822. The zero-order valence-electron chi connectivity index (χ0n) is 11.8. The standard InChI is InChI=1S/C10H12N2O2.2C2H6/c13-10(9-3-1-2-5-12-9)14-8-4-6-11-7-8;2*1-2/h1-3,5,8,11H,4,6-7H2;2*1-2H3. The summed E-state index contributed by atoms with van der Waals surface area (Å²) in [5, 5.41) is 3.13. The molecule has 18 heavy (non-hydrogen) atoms. The van der Waals surface area contributed by atoms with E-state index in [0.717, 1.165) is 19.5 Å². The Labute approximate surface area is 110 Å². The molecular formula is C14H24N2O2. The first kappa shape index (κ1) is 16.6. The molecule has 2 rings (SSSR count). The second-order valence-corrected chi connectivity index (χ2v) is 3.24. The number of pyridine rings is 1. The highest BCUT2D eigenvalue weighted by molar-refractivity contribution is 5.87. The third kappa shape index (κ3) is 5.77. The molecule has 1 aromatic rings. The molecule has 1 unspecified atom stereocenters. The molecule has 4 heteroatoms. The highest BCUT2D eigenvalue weighted by Crippen LogP contribution is 2.06. The molecule has 1 saturated heterocycles. The topological polar surface area (TPSA) is 51.2 Å². The summed E-state index contributed by atoms with van der Waals surface area (Å²) in [5.74, 6) is -0.334. The molecule has 4 nitrogen and oxygen atoms in total. The molecule has 2 heterocycles. The SMILES string of the molecule is CC.CC.O=C(OC1CCNC1)c1ccccn1. The number of ether oxygens (including phenoxy) is 1. The number of nitrogens with one attached hydrogen (secondary N) is 1. The zero-order chi connectivity index (χ0) is 13.8. The van der Waals surface area contributed by atoms with E-state index in [2.05, 4.69) is 10.3 Å². The molecule has 0 bridgehead atoms. The summed E-state index contributed by atoms with van der Waals surface area (Å²) in [7, 11) is 0. The van der Waals surface area contributed by atoms with Crippen molar-refractivity contribution in [3.05, 3.63) is 30.1 Å². The van der Waals surface area contributed by atoms with Crippen LogP contribution in [0.2, 0.25) is 0 Å². The van der Waals surface area contributed by atoms with Crippen molar-refractivity contribution in [1.29, 1.82) is 0 Å². The van der Waals surface area contributed by atoms with E-state index in [9.17, 15) is 4.79 Å². The van der Waals surface area contributed by atoms with Gasteiger partial charge >= 0.3 is 5.97 Å². The van der Waals surface area contributed by atoms with E-state index in [0.29, 0.717) is 5.69 Å². The minimum atomic E-state index is -0.334. The Morgan fingerprint density at radius 3 is 2.56 bits per heavy atom. The summed E-state index contributed by atoms with van der Waals surface area (Å²) in [6.07, 6.45) is 2.48. The van der Waals surface area contributed by atoms with Gasteiger partial charge in [0.1, 0.15) is 11.8 Å². The highest BCUT2D eigenvalue weighted by atomic mass is 16.5. The number of aromatic nitrogens is 1. The molecule has 1 fully saturated rings. The van der Waals surface area contributed by atoms with Crippen LogP contribution in [0.15, 0.2) is 24.4 Å². The van der Waals surface area contributed by atoms with Crippen LogP contribution in [0.4, 0.5) is 0 Å². The molecule has 0 amide bonds. The van der Waals surface area contributed by atoms with Crippen LogP contribution in [-0.2, 0) is 4.74 Å². The first-order chi connectivity index (χ1) is 8.86. The van der Waals surface area contributed by atoms with Gasteiger partial charge in [-0.15, -0.1) is 0 Å². The van der Waals surface area contributed by atoms with E-state index in [1.165, 1.54) is 0 Å². The molecule has 1 aromatic heterocycles. The summed E-state index contributed by atoms with van der Waals surface area (Å²) >= 11 is 0. The Bertz CT molecular complexity index is 309. The Hall–Kier alpha value is -1.42. The predicted molar refractivity (Wildman–Crippen MR) is 73.6 cm³/mol. The maximum Gasteiger partial charge on any atom is 0.357 e. The first-order valence-corrected chi connectivity index (χ1v) is 6.69. The lowest BCUT2D eigenvalue weighted by atomic mass is 10.3. The third-order valence-electron chi connectivity index (χ3n) is 2.16. The summed E-state index contributed by atoms with van der Waals surface area (Å²) in [6, 6.07) is 5.20. The number of hydrogen-bond donors (Lipinski definition) is 1. The summed E-state index contributed by atoms with van der Waals surface area (Å²) < 4.78 is 5.23. The Morgan fingerprint density at radius 1 is 1.33 bits per heavy atom. The smallest absolute Gasteiger partial charge is 0.357 e. The molecule has 0 radical (unpaired) electrons. The van der Waals surface area contributed by atoms with Crippen LogP contribution in [0.5, 0.6) is 0 Å². The zero-order valence-corrected chi connectivity index (χ0v) is 11.8. The molecule has 1 aliphatic heterocycles. The maximum absolute atomic E-state index is 11.5. The van der Waals surface area contributed by atoms with Crippen molar-refractivity contribution in [2.24, 2.45) is 0 Å². The molecule has 0 saturated carbocycles. The van der Waals surface area contributed by atoms with Gasteiger partial charge in [-0.1, -0.05) is 33.8 Å². The highest BCUT2D eigenvalue weighted by Gasteiger charge is 2.19. The van der Waals surface area contributed by atoms with Crippen LogP contribution >= 0.6 is 0 Å². The lowest BCUT2D eigenvalue weighted by Gasteiger charge is -2.09. The van der Waals surface area contributed by atoms with Crippen LogP contribution < -0.4 is 5.32 Å². The first-order valence-electron chi connectivity index (χ1n) is 6.69. The van der Waals surface area contributed by atoms with Gasteiger partial charge in [0.15, 0.2) is 0 Å². The Kier molecular flexibility index (Phi) is 9.87. The van der Waals surface area contributed by atoms with Crippen molar-refractivity contribution in [1.82, 2.24) is 10.3 Å². The molecule has 102 valence electrons. The van der Waals surface area contributed by atoms with Crippen LogP contribution in [0, 0.1) is 0 Å². The van der Waals surface area contributed by atoms with Gasteiger partial charge in [0.25, 0.3) is 0 Å². The summed E-state index contributed by atoms with van der Waals surface area (Å²) in [5.41, 5.74) is 0.374. The van der Waals surface area contributed by atoms with Gasteiger partial charge in [-0.25, -0.2) is 9.78 Å². The van der Waals surface area contributed by atoms with Gasteiger partial charge in [0.2, 0.25) is 0 Å². The number of nitrogens with zero attached hydrogens (tertiary/aromatic N) is 1. The monoisotopic (exact) mass is 252 g/mol. The van der Waals surface area contributed by atoms with E-state index in [4.69, 9.17) is 4.74 Å². The Morgan fingerprint density at radius 2 is 2.06 bits per heavy atom. The Balaban J connectivity index is 0.000000659. The average Bonchev–Trinajstić information content (AvgIpc) is 2.97. The maximum atomic E-state index is 11.5. The van der Waals surface area contributed by atoms with Gasteiger partial charge in [-0.2, -0.15) is 0 Å². The van der Waals surface area contributed by atoms with Crippen molar-refractivity contribution in [3.63, 3.8) is 0 Å². The number of carbonyl (C=O) groups is 1. The van der Waals surface area contributed by atoms with Crippen LogP contribution in [0.1, 0.15) is 44.6 Å². The minimum Gasteiger partial charge on any atom is -0.456 e.